The van der Waals surface area contributed by atoms with Crippen LogP contribution in [-0.2, 0) is 14.6 Å². The first-order valence-electron chi connectivity index (χ1n) is 17.7. The summed E-state index contributed by atoms with van der Waals surface area (Å²) in [5, 5.41) is 8.17. The predicted octanol–water partition coefficient (Wildman–Crippen LogP) is 7.01. The Morgan fingerprint density at radius 2 is 1.71 bits per heavy atom. The topological polar surface area (TPSA) is 111 Å². The van der Waals surface area contributed by atoms with E-state index >= 15 is 0 Å². The quantitative estimate of drug-likeness (QED) is 0.241. The van der Waals surface area contributed by atoms with Gasteiger partial charge in [-0.25, -0.2) is 19.1 Å². The van der Waals surface area contributed by atoms with E-state index in [4.69, 9.17) is 24.0 Å². The minimum atomic E-state index is -2.30. The summed E-state index contributed by atoms with van der Waals surface area (Å²) in [6, 6.07) is 12.5. The Balaban J connectivity index is 1.20. The van der Waals surface area contributed by atoms with Gasteiger partial charge in [0.1, 0.15) is 17.5 Å². The monoisotopic (exact) mass is 690 g/mol. The molecule has 3 amide bonds. The third-order valence-corrected chi connectivity index (χ3v) is 15.3. The second-order valence-electron chi connectivity index (χ2n) is 17.0. The molecule has 2 saturated heterocycles. The van der Waals surface area contributed by atoms with Crippen LogP contribution in [0.3, 0.4) is 0 Å². The van der Waals surface area contributed by atoms with Crippen molar-refractivity contribution in [3.8, 4) is 5.75 Å². The van der Waals surface area contributed by atoms with Gasteiger partial charge < -0.3 is 29.0 Å². The normalized spacial score (nSPS) is 19.7. The van der Waals surface area contributed by atoms with Crippen LogP contribution in [0.1, 0.15) is 90.3 Å². The number of fused-ring (bicyclic) bond motifs is 1. The van der Waals surface area contributed by atoms with Gasteiger partial charge in [0.15, 0.2) is 19.8 Å². The molecule has 49 heavy (non-hydrogen) atoms. The fourth-order valence-electron chi connectivity index (χ4n) is 6.59. The number of aryl methyl sites for hydroxylation is 1. The minimum Gasteiger partial charge on any atom is -0.491 e. The van der Waals surface area contributed by atoms with Crippen molar-refractivity contribution in [3.63, 3.8) is 0 Å². The Kier molecular flexibility index (Phi) is 9.05. The Labute approximate surface area is 291 Å². The van der Waals surface area contributed by atoms with E-state index in [0.717, 1.165) is 29.8 Å². The highest BCUT2D eigenvalue weighted by molar-refractivity contribution is 6.74. The summed E-state index contributed by atoms with van der Waals surface area (Å²) in [7, 11) is -2.30. The summed E-state index contributed by atoms with van der Waals surface area (Å²) in [5.41, 5.74) is 2.13. The minimum absolute atomic E-state index is 0.0537. The van der Waals surface area contributed by atoms with Crippen LogP contribution in [0.2, 0.25) is 18.1 Å². The Bertz CT molecular complexity index is 1680. The largest absolute Gasteiger partial charge is 0.491 e. The van der Waals surface area contributed by atoms with E-state index in [2.05, 4.69) is 63.4 Å². The molecule has 3 aromatic rings. The number of nitrogens with zero attached hydrogens (tertiary/aromatic N) is 5. The maximum Gasteiger partial charge on any atom is 0.410 e. The number of benzene rings is 1. The lowest BCUT2D eigenvalue weighted by Crippen LogP contribution is -2.54. The van der Waals surface area contributed by atoms with Crippen LogP contribution in [0.25, 0.3) is 5.65 Å². The number of aromatic nitrogens is 3. The van der Waals surface area contributed by atoms with Crippen molar-refractivity contribution in [2.24, 2.45) is 0 Å². The molecule has 1 aromatic carbocycles. The molecule has 11 nitrogen and oxygen atoms in total. The first-order valence-corrected chi connectivity index (χ1v) is 20.6. The van der Waals surface area contributed by atoms with Crippen molar-refractivity contribution in [2.75, 3.05) is 32.8 Å². The van der Waals surface area contributed by atoms with E-state index in [1.807, 2.05) is 50.9 Å². The fraction of sp³-hybridized carbons (Fsp3) is 0.622. The maximum absolute atomic E-state index is 13.5. The van der Waals surface area contributed by atoms with E-state index in [1.54, 1.807) is 9.42 Å². The number of ether oxygens (including phenoxy) is 2. The maximum atomic E-state index is 13.5. The summed E-state index contributed by atoms with van der Waals surface area (Å²) >= 11 is 0. The Morgan fingerprint density at radius 3 is 2.33 bits per heavy atom. The second-order valence-corrected chi connectivity index (χ2v) is 21.7. The highest BCUT2D eigenvalue weighted by atomic mass is 28.4. The molecular weight excluding hydrogens is 637 g/mol. The number of hydrogen-bond acceptors (Lipinski definition) is 7. The van der Waals surface area contributed by atoms with Crippen LogP contribution < -0.4 is 10.1 Å². The zero-order valence-corrected chi connectivity index (χ0v) is 31.8. The highest BCUT2D eigenvalue weighted by Gasteiger charge is 2.48. The van der Waals surface area contributed by atoms with E-state index < -0.39 is 25.6 Å². The molecule has 3 fully saturated rings. The van der Waals surface area contributed by atoms with Crippen molar-refractivity contribution in [2.45, 2.75) is 115 Å². The van der Waals surface area contributed by atoms with Crippen molar-refractivity contribution in [1.82, 2.24) is 29.7 Å². The van der Waals surface area contributed by atoms with Crippen LogP contribution in [0.5, 0.6) is 5.75 Å². The molecule has 1 unspecified atom stereocenters. The number of carbonyl (C=O) groups excluding carboxylic acids is 2. The average Bonchev–Trinajstić information content (AvgIpc) is 3.58. The lowest BCUT2D eigenvalue weighted by Gasteiger charge is -2.40. The van der Waals surface area contributed by atoms with Crippen LogP contribution >= 0.6 is 0 Å². The number of likely N-dealkylation sites (tertiary alicyclic amines) is 1. The smallest absolute Gasteiger partial charge is 0.410 e. The number of pyridine rings is 1. The summed E-state index contributed by atoms with van der Waals surface area (Å²) in [6.07, 6.45) is 4.62. The third-order valence-electron chi connectivity index (χ3n) is 10.8. The van der Waals surface area contributed by atoms with Crippen molar-refractivity contribution in [1.29, 1.82) is 0 Å². The van der Waals surface area contributed by atoms with Crippen molar-refractivity contribution >= 4 is 26.1 Å². The van der Waals surface area contributed by atoms with E-state index in [0.29, 0.717) is 51.5 Å². The molecule has 1 N–H and O–H groups in total. The number of rotatable bonds is 9. The van der Waals surface area contributed by atoms with E-state index in [1.165, 1.54) is 5.56 Å². The molecule has 1 spiro atoms. The van der Waals surface area contributed by atoms with Gasteiger partial charge in [0.2, 0.25) is 0 Å². The molecule has 1 atom stereocenters. The molecule has 2 aromatic heterocycles. The van der Waals surface area contributed by atoms with Gasteiger partial charge in [-0.3, -0.25) is 0 Å². The molecule has 1 saturated carbocycles. The molecule has 2 aliphatic heterocycles. The molecule has 266 valence electrons. The lowest BCUT2D eigenvalue weighted by molar-refractivity contribution is 0.0159. The molecule has 0 bridgehead atoms. The van der Waals surface area contributed by atoms with Crippen LogP contribution in [-0.4, -0.2) is 88.8 Å². The number of carbonyl (C=O) groups is 2. The summed E-state index contributed by atoms with van der Waals surface area (Å²) in [4.78, 5) is 34.8. The van der Waals surface area contributed by atoms with E-state index in [9.17, 15) is 9.59 Å². The number of piperidine rings is 1. The molecule has 1 aliphatic carbocycles. The van der Waals surface area contributed by atoms with Crippen molar-refractivity contribution < 1.29 is 23.5 Å². The summed E-state index contributed by atoms with van der Waals surface area (Å²) < 4.78 is 20.8. The number of hydrogen-bond donors (Lipinski definition) is 1. The highest BCUT2D eigenvalue weighted by Crippen LogP contribution is 2.48. The van der Waals surface area contributed by atoms with Crippen LogP contribution in [0.4, 0.5) is 9.59 Å². The molecular formula is C37H54N6O5Si. The standard InChI is InChI=1S/C37H54N6O5Si/c1-26-21-28(46-25-36(15-16-36)27-13-11-10-12-14-27)22-43-31(26)38-30(40-43)29(48-49(8,9)35(5,6)7)23-42-24-37(39-32(42)44)17-19-41(20-18-37)33(45)47-34(2,3)4/h10-14,21-22,29H,15-20,23-25H2,1-9H3,(H,39,44). The lowest BCUT2D eigenvalue weighted by atomic mass is 9.88. The molecule has 12 heteroatoms. The van der Waals surface area contributed by atoms with Crippen LogP contribution in [0.15, 0.2) is 42.6 Å². The van der Waals surface area contributed by atoms with Gasteiger partial charge >= 0.3 is 12.1 Å². The van der Waals surface area contributed by atoms with Gasteiger partial charge in [-0.15, -0.1) is 5.10 Å². The van der Waals surface area contributed by atoms with Gasteiger partial charge in [-0.2, -0.15) is 0 Å². The molecule has 0 radical (unpaired) electrons. The molecule has 6 rings (SSSR count). The zero-order chi connectivity index (χ0) is 35.4. The van der Waals surface area contributed by atoms with Crippen LogP contribution in [0, 0.1) is 6.92 Å². The zero-order valence-electron chi connectivity index (χ0n) is 30.8. The Morgan fingerprint density at radius 1 is 1.04 bits per heavy atom. The van der Waals surface area contributed by atoms with Crippen molar-refractivity contribution in [3.05, 3.63) is 59.5 Å². The number of urea groups is 1. The number of amides is 3. The van der Waals surface area contributed by atoms with Gasteiger partial charge in [-0.05, 0) is 88.7 Å². The number of nitrogens with one attached hydrogen (secondary N) is 1. The summed E-state index contributed by atoms with van der Waals surface area (Å²) in [6.45, 7) is 21.2. The predicted molar refractivity (Wildman–Crippen MR) is 191 cm³/mol. The second kappa shape index (κ2) is 12.6. The van der Waals surface area contributed by atoms with Gasteiger partial charge in [0, 0.05) is 25.0 Å². The average molecular weight is 691 g/mol. The van der Waals surface area contributed by atoms with Gasteiger partial charge in [0.25, 0.3) is 0 Å². The Hall–Kier alpha value is -3.64. The van der Waals surface area contributed by atoms with Gasteiger partial charge in [0.05, 0.1) is 24.9 Å². The SMILES string of the molecule is Cc1cc(OCC2(c3ccccc3)CC2)cn2nc(C(CN3CC4(CCN(C(=O)OC(C)(C)C)CC4)NC3=O)O[Si](C)(C)C(C)(C)C)nc12. The molecule has 3 aliphatic rings. The fourth-order valence-corrected chi connectivity index (χ4v) is 7.84. The third kappa shape index (κ3) is 7.60. The van der Waals surface area contributed by atoms with Gasteiger partial charge in [-0.1, -0.05) is 51.1 Å². The first kappa shape index (κ1) is 35.2. The van der Waals surface area contributed by atoms with E-state index in [-0.39, 0.29) is 22.6 Å². The summed E-state index contributed by atoms with van der Waals surface area (Å²) in [5.74, 6) is 1.31. The first-order chi connectivity index (χ1) is 22.9. The molecule has 4 heterocycles.